The minimum Gasteiger partial charge on any atom is -0.379 e. The largest absolute Gasteiger partial charge is 0.379 e. The van der Waals surface area contributed by atoms with Crippen LogP contribution in [0.3, 0.4) is 0 Å². The summed E-state index contributed by atoms with van der Waals surface area (Å²) < 4.78 is 7.47. The molecule has 0 amide bonds. The van der Waals surface area contributed by atoms with Gasteiger partial charge in [0.05, 0.1) is 18.9 Å². The molecule has 0 radical (unpaired) electrons. The van der Waals surface area contributed by atoms with Gasteiger partial charge >= 0.3 is 0 Å². The van der Waals surface area contributed by atoms with Crippen LogP contribution in [0.2, 0.25) is 0 Å². The molecular weight excluding hydrogens is 264 g/mol. The maximum Gasteiger partial charge on any atom is 0.0640 e. The molecule has 2 unspecified atom stereocenters. The highest BCUT2D eigenvalue weighted by Gasteiger charge is 2.37. The summed E-state index contributed by atoms with van der Waals surface area (Å²) >= 11 is 0. The van der Waals surface area contributed by atoms with Gasteiger partial charge in [-0.1, -0.05) is 6.92 Å². The number of aromatic nitrogens is 2. The molecular formula is C16H30N4O. The summed E-state index contributed by atoms with van der Waals surface area (Å²) in [6.07, 6.45) is 3.91. The lowest BCUT2D eigenvalue weighted by Gasteiger charge is -2.46. The Morgan fingerprint density at radius 2 is 2.05 bits per heavy atom. The molecule has 2 heterocycles. The Morgan fingerprint density at radius 3 is 2.57 bits per heavy atom. The summed E-state index contributed by atoms with van der Waals surface area (Å²) in [7, 11) is 0. The summed E-state index contributed by atoms with van der Waals surface area (Å²) in [5.41, 5.74) is 7.67. The minimum atomic E-state index is 0.00535. The second-order valence-electron chi connectivity index (χ2n) is 6.50. The van der Waals surface area contributed by atoms with Gasteiger partial charge in [0.15, 0.2) is 0 Å². The Balaban J connectivity index is 2.05. The van der Waals surface area contributed by atoms with Crippen LogP contribution >= 0.6 is 0 Å². The molecule has 2 atom stereocenters. The number of rotatable bonds is 6. The van der Waals surface area contributed by atoms with Gasteiger partial charge in [-0.3, -0.25) is 9.58 Å². The first-order valence-corrected chi connectivity index (χ1v) is 8.09. The molecule has 21 heavy (non-hydrogen) atoms. The third kappa shape index (κ3) is 3.65. The first-order valence-electron chi connectivity index (χ1n) is 8.09. The molecule has 2 N–H and O–H groups in total. The SMILES string of the molecule is CCC(C)(C(N)Cc1ccn(C(C)C)n1)N1CCOCC1. The van der Waals surface area contributed by atoms with Crippen LogP contribution in [0.4, 0.5) is 0 Å². The molecule has 1 aliphatic rings. The summed E-state index contributed by atoms with van der Waals surface area (Å²) in [5, 5.41) is 4.64. The fraction of sp³-hybridized carbons (Fsp3) is 0.812. The van der Waals surface area contributed by atoms with Crippen LogP contribution in [-0.4, -0.2) is 52.6 Å². The van der Waals surface area contributed by atoms with Crippen LogP contribution in [0.15, 0.2) is 12.3 Å². The standard InChI is InChI=1S/C16H30N4O/c1-5-16(4,19-8-10-21-11-9-19)15(17)12-14-6-7-20(18-14)13(2)3/h6-7,13,15H,5,8-12,17H2,1-4H3. The number of nitrogens with zero attached hydrogens (tertiary/aromatic N) is 3. The van der Waals surface area contributed by atoms with Crippen molar-refractivity contribution < 1.29 is 4.74 Å². The van der Waals surface area contributed by atoms with Crippen molar-refractivity contribution in [3.63, 3.8) is 0 Å². The molecule has 0 spiro atoms. The van der Waals surface area contributed by atoms with Crippen molar-refractivity contribution in [2.24, 2.45) is 5.73 Å². The zero-order valence-electron chi connectivity index (χ0n) is 13.9. The molecule has 0 bridgehead atoms. The van der Waals surface area contributed by atoms with Gasteiger partial charge in [0.1, 0.15) is 0 Å². The Morgan fingerprint density at radius 1 is 1.38 bits per heavy atom. The zero-order valence-corrected chi connectivity index (χ0v) is 13.9. The topological polar surface area (TPSA) is 56.3 Å². The summed E-state index contributed by atoms with van der Waals surface area (Å²) in [4.78, 5) is 2.49. The molecule has 120 valence electrons. The van der Waals surface area contributed by atoms with Crippen LogP contribution in [0.1, 0.15) is 45.9 Å². The highest BCUT2D eigenvalue weighted by atomic mass is 16.5. The van der Waals surface area contributed by atoms with Gasteiger partial charge in [-0.05, 0) is 33.3 Å². The fourth-order valence-corrected chi connectivity index (χ4v) is 3.01. The van der Waals surface area contributed by atoms with Gasteiger partial charge in [0.25, 0.3) is 0 Å². The normalized spacial score (nSPS) is 21.4. The van der Waals surface area contributed by atoms with Gasteiger partial charge in [-0.25, -0.2) is 0 Å². The molecule has 5 nitrogen and oxygen atoms in total. The molecule has 1 saturated heterocycles. The van der Waals surface area contributed by atoms with Gasteiger partial charge in [-0.2, -0.15) is 5.10 Å². The summed E-state index contributed by atoms with van der Waals surface area (Å²) in [6.45, 7) is 12.3. The van der Waals surface area contributed by atoms with E-state index < -0.39 is 0 Å². The van der Waals surface area contributed by atoms with E-state index in [1.165, 1.54) is 0 Å². The van der Waals surface area contributed by atoms with E-state index in [0.717, 1.165) is 44.8 Å². The van der Waals surface area contributed by atoms with Crippen molar-refractivity contribution in [1.29, 1.82) is 0 Å². The van der Waals surface area contributed by atoms with Gasteiger partial charge in [0.2, 0.25) is 0 Å². The smallest absolute Gasteiger partial charge is 0.0640 e. The lowest BCUT2D eigenvalue weighted by Crippen LogP contribution is -2.61. The minimum absolute atomic E-state index is 0.00535. The van der Waals surface area contributed by atoms with Crippen molar-refractivity contribution in [1.82, 2.24) is 14.7 Å². The Labute approximate surface area is 128 Å². The van der Waals surface area contributed by atoms with Crippen molar-refractivity contribution in [2.75, 3.05) is 26.3 Å². The lowest BCUT2D eigenvalue weighted by molar-refractivity contribution is -0.0273. The van der Waals surface area contributed by atoms with Crippen LogP contribution in [0, 0.1) is 0 Å². The first kappa shape index (κ1) is 16.5. The summed E-state index contributed by atoms with van der Waals surface area (Å²) in [5.74, 6) is 0. The fourth-order valence-electron chi connectivity index (χ4n) is 3.01. The molecule has 0 saturated carbocycles. The molecule has 2 rings (SSSR count). The van der Waals surface area contributed by atoms with E-state index in [1.54, 1.807) is 0 Å². The van der Waals surface area contributed by atoms with E-state index in [4.69, 9.17) is 10.5 Å². The third-order valence-corrected chi connectivity index (χ3v) is 4.87. The zero-order chi connectivity index (χ0) is 15.5. The number of nitrogens with two attached hydrogens (primary N) is 1. The molecule has 1 aromatic rings. The Bertz CT molecular complexity index is 439. The summed E-state index contributed by atoms with van der Waals surface area (Å²) in [6, 6.07) is 2.57. The molecule has 1 aliphatic heterocycles. The molecule has 1 aromatic heterocycles. The van der Waals surface area contributed by atoms with E-state index in [0.29, 0.717) is 6.04 Å². The van der Waals surface area contributed by atoms with E-state index in [2.05, 4.69) is 43.8 Å². The molecule has 1 fully saturated rings. The van der Waals surface area contributed by atoms with Crippen molar-refractivity contribution >= 4 is 0 Å². The Kier molecular flexibility index (Phi) is 5.41. The van der Waals surface area contributed by atoms with Crippen LogP contribution < -0.4 is 5.73 Å². The van der Waals surface area contributed by atoms with Gasteiger partial charge < -0.3 is 10.5 Å². The third-order valence-electron chi connectivity index (χ3n) is 4.87. The van der Waals surface area contributed by atoms with Crippen LogP contribution in [0.25, 0.3) is 0 Å². The van der Waals surface area contributed by atoms with E-state index >= 15 is 0 Å². The maximum absolute atomic E-state index is 6.58. The maximum atomic E-state index is 6.58. The number of ether oxygens (including phenoxy) is 1. The number of hydrogen-bond acceptors (Lipinski definition) is 4. The Hall–Kier alpha value is -0.910. The highest BCUT2D eigenvalue weighted by Crippen LogP contribution is 2.25. The first-order chi connectivity index (χ1) is 9.97. The second-order valence-corrected chi connectivity index (χ2v) is 6.50. The number of hydrogen-bond donors (Lipinski definition) is 1. The van der Waals surface area contributed by atoms with E-state index in [9.17, 15) is 0 Å². The van der Waals surface area contributed by atoms with Gasteiger partial charge in [-0.15, -0.1) is 0 Å². The molecule has 5 heteroatoms. The van der Waals surface area contributed by atoms with E-state index in [1.807, 2.05) is 10.9 Å². The quantitative estimate of drug-likeness (QED) is 0.870. The predicted molar refractivity (Wildman–Crippen MR) is 85.4 cm³/mol. The highest BCUT2D eigenvalue weighted by molar-refractivity contribution is 5.07. The van der Waals surface area contributed by atoms with Crippen molar-refractivity contribution in [3.8, 4) is 0 Å². The average molecular weight is 294 g/mol. The van der Waals surface area contributed by atoms with Crippen LogP contribution in [-0.2, 0) is 11.2 Å². The van der Waals surface area contributed by atoms with Crippen LogP contribution in [0.5, 0.6) is 0 Å². The average Bonchev–Trinajstić information content (AvgIpc) is 2.96. The second kappa shape index (κ2) is 6.90. The van der Waals surface area contributed by atoms with Crippen molar-refractivity contribution in [2.45, 2.75) is 58.2 Å². The molecule has 0 aliphatic carbocycles. The monoisotopic (exact) mass is 294 g/mol. The van der Waals surface area contributed by atoms with Gasteiger partial charge in [0, 0.05) is 43.3 Å². The molecule has 0 aromatic carbocycles. The van der Waals surface area contributed by atoms with E-state index in [-0.39, 0.29) is 11.6 Å². The van der Waals surface area contributed by atoms with Crippen molar-refractivity contribution in [3.05, 3.63) is 18.0 Å². The predicted octanol–water partition coefficient (Wildman–Crippen LogP) is 1.83. The number of morpholine rings is 1. The lowest BCUT2D eigenvalue weighted by atomic mass is 9.85.